The quantitative estimate of drug-likeness (QED) is 0.109. The molecule has 0 fully saturated rings. The van der Waals surface area contributed by atoms with Crippen LogP contribution in [0, 0.1) is 0 Å². The van der Waals surface area contributed by atoms with E-state index in [4.69, 9.17) is 9.05 Å². The largest absolute Gasteiger partial charge is 1.00 e. The molecule has 0 aromatic carbocycles. The van der Waals surface area contributed by atoms with E-state index in [-0.39, 0.29) is 49.2 Å². The second-order valence-corrected chi connectivity index (χ2v) is 11.8. The molecule has 1 unspecified atom stereocenters. The van der Waals surface area contributed by atoms with Gasteiger partial charge in [-0.3, -0.25) is 4.57 Å². The van der Waals surface area contributed by atoms with Crippen LogP contribution in [0.4, 0.5) is 0 Å². The maximum absolute atomic E-state index is 12.8. The Labute approximate surface area is 212 Å². The number of rotatable bonds is 16. The molecule has 6 nitrogen and oxygen atoms in total. The van der Waals surface area contributed by atoms with Crippen molar-refractivity contribution in [1.82, 2.24) is 0 Å². The van der Waals surface area contributed by atoms with Crippen LogP contribution in [0.3, 0.4) is 0 Å². The normalized spacial score (nSPS) is 14.2. The predicted molar refractivity (Wildman–Crippen MR) is 124 cm³/mol. The van der Waals surface area contributed by atoms with Crippen molar-refractivity contribution in [2.75, 3.05) is 13.2 Å². The molecule has 0 aromatic rings. The van der Waals surface area contributed by atoms with Crippen LogP contribution in [0.25, 0.3) is 0 Å². The van der Waals surface area contributed by atoms with Crippen LogP contribution in [0.15, 0.2) is 34.9 Å². The predicted octanol–water partition coefficient (Wildman–Crippen LogP) is 3.72. The molecule has 0 bridgehead atoms. The molecule has 0 aliphatic rings. The van der Waals surface area contributed by atoms with Gasteiger partial charge >= 0.3 is 37.2 Å². The number of hydrogen-bond donors (Lipinski definition) is 0. The molecule has 0 heterocycles. The molecule has 0 radical (unpaired) electrons. The van der Waals surface area contributed by atoms with Crippen molar-refractivity contribution < 1.29 is 56.1 Å². The first-order valence-electron chi connectivity index (χ1n) is 10.7. The Hall–Kier alpha value is 0.280. The molecule has 176 valence electrons. The Morgan fingerprint density at radius 2 is 1.35 bits per heavy atom. The molecule has 0 aromatic heterocycles. The molecule has 0 amide bonds. The van der Waals surface area contributed by atoms with Crippen molar-refractivity contribution in [3.8, 4) is 0 Å². The van der Waals surface area contributed by atoms with Gasteiger partial charge in [0.15, 0.2) is 4.99 Å². The second kappa shape index (κ2) is 17.7. The molecule has 0 saturated heterocycles. The Morgan fingerprint density at radius 3 is 1.77 bits per heavy atom. The van der Waals surface area contributed by atoms with E-state index in [1.54, 1.807) is 13.8 Å². The molecular formula is C22H40NaO6PS. The SMILES string of the molecule is CCOP(=O)(OCC)C(CCC/C=C(\C)CC/C=C(\C)CCC=C(C)C)S(=O)(=O)[O-].[Na+]. The minimum atomic E-state index is -4.80. The van der Waals surface area contributed by atoms with Crippen LogP contribution < -0.4 is 29.6 Å². The minimum Gasteiger partial charge on any atom is -0.747 e. The van der Waals surface area contributed by atoms with Gasteiger partial charge in [0, 0.05) is 0 Å². The van der Waals surface area contributed by atoms with Gasteiger partial charge in [0.2, 0.25) is 0 Å². The number of allylic oxidation sites excluding steroid dienone is 6. The van der Waals surface area contributed by atoms with Crippen LogP contribution in [0.2, 0.25) is 0 Å². The summed E-state index contributed by atoms with van der Waals surface area (Å²) in [5.41, 5.74) is 3.93. The summed E-state index contributed by atoms with van der Waals surface area (Å²) in [4.78, 5) is -1.66. The maximum atomic E-state index is 12.8. The van der Waals surface area contributed by atoms with Gasteiger partial charge in [-0.1, -0.05) is 34.9 Å². The molecule has 0 aliphatic carbocycles. The van der Waals surface area contributed by atoms with Gasteiger partial charge in [0.1, 0.15) is 10.1 Å². The first-order valence-corrected chi connectivity index (χ1v) is 13.8. The first kappa shape index (κ1) is 33.5. The van der Waals surface area contributed by atoms with Gasteiger partial charge in [-0.2, -0.15) is 0 Å². The summed E-state index contributed by atoms with van der Waals surface area (Å²) in [6, 6.07) is 0. The van der Waals surface area contributed by atoms with Gasteiger partial charge in [-0.15, -0.1) is 0 Å². The summed E-state index contributed by atoms with van der Waals surface area (Å²) < 4.78 is 57.9. The summed E-state index contributed by atoms with van der Waals surface area (Å²) in [5.74, 6) is 0. The van der Waals surface area contributed by atoms with E-state index in [9.17, 15) is 17.5 Å². The van der Waals surface area contributed by atoms with Crippen molar-refractivity contribution in [3.63, 3.8) is 0 Å². The first-order chi connectivity index (χ1) is 14.0. The summed E-state index contributed by atoms with van der Waals surface area (Å²) in [6.45, 7) is 11.6. The molecule has 0 saturated carbocycles. The Bertz CT molecular complexity index is 729. The summed E-state index contributed by atoms with van der Waals surface area (Å²) in [6.07, 6.45) is 11.6. The number of unbranched alkanes of at least 4 members (excludes halogenated alkanes) is 1. The monoisotopic (exact) mass is 486 g/mol. The standard InChI is InChI=1S/C22H41O6PS.Na/c1-7-27-29(23,28-8-2)22(30(24,25)26)18-10-9-14-20(5)16-12-17-21(6)15-11-13-19(3)4;/h13-14,17,22H,7-12,15-16,18H2,1-6H3,(H,24,25,26);/q;+1/p-1/b20-14+,21-17+;. The van der Waals surface area contributed by atoms with Gasteiger partial charge in [0.25, 0.3) is 0 Å². The zero-order chi connectivity index (χ0) is 23.2. The molecule has 0 rings (SSSR count). The third-order valence-electron chi connectivity index (χ3n) is 4.57. The molecule has 0 aliphatic heterocycles. The Balaban J connectivity index is 0. The van der Waals surface area contributed by atoms with Crippen molar-refractivity contribution in [3.05, 3.63) is 34.9 Å². The number of hydrogen-bond acceptors (Lipinski definition) is 6. The zero-order valence-electron chi connectivity index (χ0n) is 20.5. The third-order valence-corrected chi connectivity index (χ3v) is 9.23. The zero-order valence-corrected chi connectivity index (χ0v) is 24.2. The van der Waals surface area contributed by atoms with Crippen LogP contribution in [-0.4, -0.2) is 31.2 Å². The maximum Gasteiger partial charge on any atom is 1.00 e. The molecule has 0 spiro atoms. The molecule has 0 N–H and O–H groups in total. The van der Waals surface area contributed by atoms with E-state index in [1.165, 1.54) is 16.7 Å². The molecule has 9 heteroatoms. The van der Waals surface area contributed by atoms with Crippen LogP contribution >= 0.6 is 7.60 Å². The fourth-order valence-electron chi connectivity index (χ4n) is 3.00. The fourth-order valence-corrected chi connectivity index (χ4v) is 6.71. The van der Waals surface area contributed by atoms with E-state index in [0.29, 0.717) is 12.8 Å². The van der Waals surface area contributed by atoms with E-state index >= 15 is 0 Å². The summed E-state index contributed by atoms with van der Waals surface area (Å²) in [5, 5.41) is 0. The van der Waals surface area contributed by atoms with Crippen molar-refractivity contribution >= 4 is 17.7 Å². The average Bonchev–Trinajstić information content (AvgIpc) is 2.60. The van der Waals surface area contributed by atoms with Gasteiger partial charge < -0.3 is 13.6 Å². The molecular weight excluding hydrogens is 446 g/mol. The van der Waals surface area contributed by atoms with Crippen LogP contribution in [0.1, 0.15) is 86.5 Å². The topological polar surface area (TPSA) is 92.7 Å². The van der Waals surface area contributed by atoms with Crippen LogP contribution in [0.5, 0.6) is 0 Å². The van der Waals surface area contributed by atoms with Crippen molar-refractivity contribution in [2.45, 2.75) is 91.5 Å². The Morgan fingerprint density at radius 1 is 0.903 bits per heavy atom. The van der Waals surface area contributed by atoms with Crippen molar-refractivity contribution in [1.29, 1.82) is 0 Å². The van der Waals surface area contributed by atoms with Crippen LogP contribution in [-0.2, 0) is 23.7 Å². The summed E-state index contributed by atoms with van der Waals surface area (Å²) in [7, 11) is -8.79. The van der Waals surface area contributed by atoms with Crippen molar-refractivity contribution in [2.24, 2.45) is 0 Å². The van der Waals surface area contributed by atoms with Gasteiger partial charge in [0.05, 0.1) is 13.2 Å². The smallest absolute Gasteiger partial charge is 0.747 e. The fraction of sp³-hybridized carbons (Fsp3) is 0.727. The van der Waals surface area contributed by atoms with E-state index in [2.05, 4.69) is 32.9 Å². The Kier molecular flexibility index (Phi) is 19.1. The molecule has 1 atom stereocenters. The van der Waals surface area contributed by atoms with Gasteiger partial charge in [-0.05, 0) is 86.5 Å². The van der Waals surface area contributed by atoms with E-state index in [0.717, 1.165) is 25.7 Å². The summed E-state index contributed by atoms with van der Waals surface area (Å²) >= 11 is 0. The van der Waals surface area contributed by atoms with Gasteiger partial charge in [-0.25, -0.2) is 8.42 Å². The third kappa shape index (κ3) is 15.7. The van der Waals surface area contributed by atoms with E-state index < -0.39 is 22.7 Å². The minimum absolute atomic E-state index is 0. The average molecular weight is 487 g/mol. The van der Waals surface area contributed by atoms with E-state index in [1.807, 2.05) is 13.0 Å². The molecule has 31 heavy (non-hydrogen) atoms. The second-order valence-electron chi connectivity index (χ2n) is 7.71.